The standard InChI is InChI=1S/C26H34N2O5/c1-4-24(26(30)27-20-12-8-9-13-20)28(17-19-10-6-5-7-11-19)25(29)18-33-23-15-21(31-2)14-22(16-23)32-3/h5-7,10-11,14-16,20,24H,4,8-9,12-13,17-18H2,1-3H3,(H,27,30)/t24-/m0/s1. The summed E-state index contributed by atoms with van der Waals surface area (Å²) in [6, 6.07) is 14.4. The minimum Gasteiger partial charge on any atom is -0.496 e. The summed E-state index contributed by atoms with van der Waals surface area (Å²) in [5, 5.41) is 3.15. The molecule has 1 atom stereocenters. The van der Waals surface area contributed by atoms with Crippen molar-refractivity contribution in [3.63, 3.8) is 0 Å². The zero-order valence-electron chi connectivity index (χ0n) is 19.7. The van der Waals surface area contributed by atoms with Crippen molar-refractivity contribution >= 4 is 11.8 Å². The van der Waals surface area contributed by atoms with Crippen molar-refractivity contribution in [2.75, 3.05) is 20.8 Å². The summed E-state index contributed by atoms with van der Waals surface area (Å²) >= 11 is 0. The maximum Gasteiger partial charge on any atom is 0.261 e. The molecule has 33 heavy (non-hydrogen) atoms. The Labute approximate surface area is 196 Å². The lowest BCUT2D eigenvalue weighted by atomic mass is 10.1. The predicted molar refractivity (Wildman–Crippen MR) is 127 cm³/mol. The first kappa shape index (κ1) is 24.4. The smallest absolute Gasteiger partial charge is 0.261 e. The molecule has 0 bridgehead atoms. The number of nitrogens with one attached hydrogen (secondary N) is 1. The van der Waals surface area contributed by atoms with Gasteiger partial charge < -0.3 is 24.4 Å². The molecule has 1 fully saturated rings. The lowest BCUT2D eigenvalue weighted by Gasteiger charge is -2.31. The molecule has 2 aromatic carbocycles. The Morgan fingerprint density at radius 3 is 2.18 bits per heavy atom. The van der Waals surface area contributed by atoms with Crippen LogP contribution in [0.4, 0.5) is 0 Å². The molecule has 3 rings (SSSR count). The van der Waals surface area contributed by atoms with Crippen molar-refractivity contribution in [3.05, 3.63) is 54.1 Å². The van der Waals surface area contributed by atoms with Crippen molar-refractivity contribution < 1.29 is 23.8 Å². The van der Waals surface area contributed by atoms with Gasteiger partial charge in [0.15, 0.2) is 6.61 Å². The molecule has 1 N–H and O–H groups in total. The molecule has 0 aliphatic heterocycles. The first-order valence-electron chi connectivity index (χ1n) is 11.5. The summed E-state index contributed by atoms with van der Waals surface area (Å²) in [5.74, 6) is 1.24. The van der Waals surface area contributed by atoms with E-state index in [-0.39, 0.29) is 24.5 Å². The second kappa shape index (κ2) is 12.1. The average molecular weight is 455 g/mol. The molecule has 1 saturated carbocycles. The lowest BCUT2D eigenvalue weighted by molar-refractivity contribution is -0.143. The minimum absolute atomic E-state index is 0.100. The summed E-state index contributed by atoms with van der Waals surface area (Å²) in [6.07, 6.45) is 4.77. The van der Waals surface area contributed by atoms with Gasteiger partial charge in [-0.15, -0.1) is 0 Å². The fraction of sp³-hybridized carbons (Fsp3) is 0.462. The van der Waals surface area contributed by atoms with Gasteiger partial charge in [-0.25, -0.2) is 0 Å². The van der Waals surface area contributed by atoms with Gasteiger partial charge in [0.1, 0.15) is 23.3 Å². The molecule has 0 unspecified atom stereocenters. The number of methoxy groups -OCH3 is 2. The third-order valence-electron chi connectivity index (χ3n) is 5.97. The van der Waals surface area contributed by atoms with Gasteiger partial charge in [0.05, 0.1) is 14.2 Å². The van der Waals surface area contributed by atoms with Crippen LogP contribution in [0.3, 0.4) is 0 Å². The van der Waals surface area contributed by atoms with E-state index in [9.17, 15) is 9.59 Å². The van der Waals surface area contributed by atoms with Crippen LogP contribution >= 0.6 is 0 Å². The highest BCUT2D eigenvalue weighted by molar-refractivity contribution is 5.88. The maximum absolute atomic E-state index is 13.3. The highest BCUT2D eigenvalue weighted by atomic mass is 16.5. The van der Waals surface area contributed by atoms with Crippen LogP contribution in [-0.2, 0) is 16.1 Å². The van der Waals surface area contributed by atoms with Gasteiger partial charge in [0.25, 0.3) is 5.91 Å². The van der Waals surface area contributed by atoms with E-state index < -0.39 is 6.04 Å². The van der Waals surface area contributed by atoms with E-state index in [0.29, 0.717) is 30.2 Å². The highest BCUT2D eigenvalue weighted by Gasteiger charge is 2.30. The molecule has 178 valence electrons. The molecule has 2 aromatic rings. The molecule has 1 aliphatic carbocycles. The number of hydrogen-bond donors (Lipinski definition) is 1. The quantitative estimate of drug-likeness (QED) is 0.556. The third kappa shape index (κ3) is 6.88. The van der Waals surface area contributed by atoms with Crippen LogP contribution in [0.1, 0.15) is 44.6 Å². The molecule has 1 aliphatic rings. The number of hydrogen-bond acceptors (Lipinski definition) is 5. The van der Waals surface area contributed by atoms with Crippen LogP contribution in [0.25, 0.3) is 0 Å². The van der Waals surface area contributed by atoms with Crippen molar-refractivity contribution in [1.29, 1.82) is 0 Å². The summed E-state index contributed by atoms with van der Waals surface area (Å²) < 4.78 is 16.3. The van der Waals surface area contributed by atoms with E-state index in [0.717, 1.165) is 31.2 Å². The van der Waals surface area contributed by atoms with Crippen molar-refractivity contribution in [1.82, 2.24) is 10.2 Å². The van der Waals surface area contributed by atoms with Crippen LogP contribution in [0.15, 0.2) is 48.5 Å². The summed E-state index contributed by atoms with van der Waals surface area (Å²) in [5.41, 5.74) is 0.959. The van der Waals surface area contributed by atoms with Gasteiger partial charge in [0, 0.05) is 30.8 Å². The predicted octanol–water partition coefficient (Wildman–Crippen LogP) is 3.95. The number of nitrogens with zero attached hydrogens (tertiary/aromatic N) is 1. The molecular weight excluding hydrogens is 420 g/mol. The monoisotopic (exact) mass is 454 g/mol. The van der Waals surface area contributed by atoms with Crippen LogP contribution in [0.5, 0.6) is 17.2 Å². The van der Waals surface area contributed by atoms with Crippen LogP contribution < -0.4 is 19.5 Å². The SMILES string of the molecule is CC[C@@H](C(=O)NC1CCCC1)N(Cc1ccccc1)C(=O)COc1cc(OC)cc(OC)c1. The molecule has 7 heteroatoms. The second-order valence-corrected chi connectivity index (χ2v) is 8.26. The first-order valence-corrected chi connectivity index (χ1v) is 11.5. The van der Waals surface area contributed by atoms with E-state index >= 15 is 0 Å². The molecule has 2 amide bonds. The topological polar surface area (TPSA) is 77.1 Å². The maximum atomic E-state index is 13.3. The molecule has 0 heterocycles. The molecule has 0 aromatic heterocycles. The molecule has 0 spiro atoms. The molecular formula is C26H34N2O5. The lowest BCUT2D eigenvalue weighted by Crippen LogP contribution is -2.52. The molecule has 7 nitrogen and oxygen atoms in total. The number of carbonyl (C=O) groups is 2. The zero-order chi connectivity index (χ0) is 23.6. The molecule has 0 radical (unpaired) electrons. The van der Waals surface area contributed by atoms with Gasteiger partial charge in [-0.1, -0.05) is 50.1 Å². The zero-order valence-corrected chi connectivity index (χ0v) is 19.7. The van der Waals surface area contributed by atoms with E-state index in [2.05, 4.69) is 5.32 Å². The second-order valence-electron chi connectivity index (χ2n) is 8.26. The van der Waals surface area contributed by atoms with Crippen LogP contribution in [0.2, 0.25) is 0 Å². The van der Waals surface area contributed by atoms with E-state index in [4.69, 9.17) is 14.2 Å². The summed E-state index contributed by atoms with van der Waals surface area (Å²) in [7, 11) is 3.11. The number of rotatable bonds is 11. The minimum atomic E-state index is -0.568. The van der Waals surface area contributed by atoms with Crippen molar-refractivity contribution in [2.45, 2.75) is 57.7 Å². The van der Waals surface area contributed by atoms with Crippen LogP contribution in [0, 0.1) is 0 Å². The number of carbonyl (C=O) groups excluding carboxylic acids is 2. The van der Waals surface area contributed by atoms with E-state index in [1.54, 1.807) is 37.3 Å². The largest absolute Gasteiger partial charge is 0.496 e. The van der Waals surface area contributed by atoms with Crippen molar-refractivity contribution in [3.8, 4) is 17.2 Å². The molecule has 0 saturated heterocycles. The fourth-order valence-electron chi connectivity index (χ4n) is 4.16. The van der Waals surface area contributed by atoms with Gasteiger partial charge in [-0.05, 0) is 24.8 Å². The number of amides is 2. The Hall–Kier alpha value is -3.22. The number of benzene rings is 2. The Morgan fingerprint density at radius 2 is 1.61 bits per heavy atom. The summed E-state index contributed by atoms with van der Waals surface area (Å²) in [4.78, 5) is 28.1. The first-order chi connectivity index (χ1) is 16.0. The van der Waals surface area contributed by atoms with E-state index in [1.165, 1.54) is 0 Å². The van der Waals surface area contributed by atoms with Crippen LogP contribution in [-0.4, -0.2) is 49.6 Å². The van der Waals surface area contributed by atoms with Gasteiger partial charge in [-0.2, -0.15) is 0 Å². The Morgan fingerprint density at radius 1 is 1.00 bits per heavy atom. The fourth-order valence-corrected chi connectivity index (χ4v) is 4.16. The van der Waals surface area contributed by atoms with Gasteiger partial charge >= 0.3 is 0 Å². The summed E-state index contributed by atoms with van der Waals surface area (Å²) in [6.45, 7) is 2.06. The Bertz CT molecular complexity index is 890. The Kier molecular flexibility index (Phi) is 8.98. The van der Waals surface area contributed by atoms with Gasteiger partial charge in [-0.3, -0.25) is 9.59 Å². The third-order valence-corrected chi connectivity index (χ3v) is 5.97. The normalized spacial score (nSPS) is 14.4. The number of ether oxygens (including phenoxy) is 3. The average Bonchev–Trinajstić information content (AvgIpc) is 3.35. The van der Waals surface area contributed by atoms with E-state index in [1.807, 2.05) is 37.3 Å². The Balaban J connectivity index is 1.76. The van der Waals surface area contributed by atoms with Crippen molar-refractivity contribution in [2.24, 2.45) is 0 Å². The highest BCUT2D eigenvalue weighted by Crippen LogP contribution is 2.27. The van der Waals surface area contributed by atoms with Gasteiger partial charge in [0.2, 0.25) is 5.91 Å².